The van der Waals surface area contributed by atoms with E-state index in [0.717, 1.165) is 37.1 Å². The number of anilines is 1. The number of benzene rings is 2. The number of fused-ring (bicyclic) bond motifs is 1. The predicted molar refractivity (Wildman–Crippen MR) is 126 cm³/mol. The Kier molecular flexibility index (Phi) is 6.20. The quantitative estimate of drug-likeness (QED) is 0.461. The van der Waals surface area contributed by atoms with E-state index in [1.54, 1.807) is 6.92 Å². The fourth-order valence-electron chi connectivity index (χ4n) is 4.85. The number of nitrogens with zero attached hydrogens (tertiary/aromatic N) is 3. The van der Waals surface area contributed by atoms with Gasteiger partial charge in [-0.3, -0.25) is 14.5 Å². The monoisotopic (exact) mass is 530 g/mol. The van der Waals surface area contributed by atoms with Crippen LogP contribution in [0.5, 0.6) is 0 Å². The highest BCUT2D eigenvalue weighted by atomic mass is 19.4. The van der Waals surface area contributed by atoms with Gasteiger partial charge in [-0.05, 0) is 55.7 Å². The second kappa shape index (κ2) is 9.26. The number of rotatable bonds is 6. The maximum atomic E-state index is 13.8. The van der Waals surface area contributed by atoms with Crippen molar-refractivity contribution < 1.29 is 37.1 Å². The Bertz CT molecular complexity index is 1430. The molecule has 2 amide bonds. The van der Waals surface area contributed by atoms with Crippen molar-refractivity contribution in [3.63, 3.8) is 0 Å². The molecule has 2 heterocycles. The largest absolute Gasteiger partial charge is 0.476 e. The summed E-state index contributed by atoms with van der Waals surface area (Å²) in [5.41, 5.74) is -1.17. The molecule has 12 heteroatoms. The van der Waals surface area contributed by atoms with Crippen molar-refractivity contribution in [2.45, 2.75) is 43.9 Å². The van der Waals surface area contributed by atoms with E-state index in [9.17, 15) is 37.1 Å². The Labute approximate surface area is 213 Å². The van der Waals surface area contributed by atoms with Gasteiger partial charge in [0.05, 0.1) is 11.6 Å². The van der Waals surface area contributed by atoms with Crippen LogP contribution >= 0.6 is 0 Å². The lowest BCUT2D eigenvalue weighted by molar-refractivity contribution is -0.137. The lowest BCUT2D eigenvalue weighted by atomic mass is 9.80. The van der Waals surface area contributed by atoms with E-state index in [4.69, 9.17) is 0 Å². The SMILES string of the molecule is CCN1C(=O)[C@H](NC(=O)c2cccc(C(F)(F)F)c2)[C@H](c2ccc(F)cc2)c2c(C(=O)O)nn(C3CC3)c21. The van der Waals surface area contributed by atoms with Crippen molar-refractivity contribution in [3.05, 3.63) is 82.3 Å². The Morgan fingerprint density at radius 1 is 1.13 bits per heavy atom. The van der Waals surface area contributed by atoms with Crippen LogP contribution in [0.3, 0.4) is 0 Å². The highest BCUT2D eigenvalue weighted by Gasteiger charge is 2.48. The molecule has 38 heavy (non-hydrogen) atoms. The average molecular weight is 530 g/mol. The molecular formula is C26H22F4N4O4. The number of carbonyl (C=O) groups excluding carboxylic acids is 2. The van der Waals surface area contributed by atoms with Gasteiger partial charge in [0.1, 0.15) is 17.7 Å². The van der Waals surface area contributed by atoms with Crippen molar-refractivity contribution in [2.24, 2.45) is 0 Å². The van der Waals surface area contributed by atoms with Gasteiger partial charge in [-0.15, -0.1) is 0 Å². The minimum absolute atomic E-state index is 0.0937. The number of aromatic carboxylic acids is 1. The molecule has 2 aromatic carbocycles. The van der Waals surface area contributed by atoms with Gasteiger partial charge in [0.15, 0.2) is 5.69 Å². The third-order valence-electron chi connectivity index (χ3n) is 6.73. The van der Waals surface area contributed by atoms with Crippen LogP contribution in [-0.2, 0) is 11.0 Å². The Morgan fingerprint density at radius 2 is 1.82 bits per heavy atom. The number of carboxylic acids is 1. The maximum absolute atomic E-state index is 13.8. The highest BCUT2D eigenvalue weighted by Crippen LogP contribution is 2.47. The maximum Gasteiger partial charge on any atom is 0.416 e. The first kappa shape index (κ1) is 25.4. The van der Waals surface area contributed by atoms with Gasteiger partial charge in [0.25, 0.3) is 11.8 Å². The van der Waals surface area contributed by atoms with Crippen LogP contribution in [0.2, 0.25) is 0 Å². The van der Waals surface area contributed by atoms with E-state index < -0.39 is 47.3 Å². The highest BCUT2D eigenvalue weighted by molar-refractivity contribution is 6.06. The summed E-state index contributed by atoms with van der Waals surface area (Å²) in [4.78, 5) is 40.6. The fraction of sp³-hybridized carbons (Fsp3) is 0.308. The number of aromatic nitrogens is 2. The van der Waals surface area contributed by atoms with Crippen molar-refractivity contribution in [2.75, 3.05) is 11.4 Å². The van der Waals surface area contributed by atoms with Crippen LogP contribution in [0, 0.1) is 5.82 Å². The summed E-state index contributed by atoms with van der Waals surface area (Å²) in [5.74, 6) is -4.25. The van der Waals surface area contributed by atoms with Gasteiger partial charge in [0, 0.05) is 23.6 Å². The summed E-state index contributed by atoms with van der Waals surface area (Å²) >= 11 is 0. The van der Waals surface area contributed by atoms with E-state index in [0.29, 0.717) is 11.6 Å². The molecule has 2 atom stereocenters. The minimum Gasteiger partial charge on any atom is -0.476 e. The molecule has 2 N–H and O–H groups in total. The number of carboxylic acid groups (broad SMARTS) is 1. The molecule has 8 nitrogen and oxygen atoms in total. The van der Waals surface area contributed by atoms with Crippen molar-refractivity contribution in [1.82, 2.24) is 15.1 Å². The molecule has 198 valence electrons. The number of halogens is 4. The molecule has 5 rings (SSSR count). The molecule has 1 aliphatic carbocycles. The zero-order valence-corrected chi connectivity index (χ0v) is 20.0. The lowest BCUT2D eigenvalue weighted by Crippen LogP contribution is -2.55. The van der Waals surface area contributed by atoms with Crippen LogP contribution in [0.25, 0.3) is 0 Å². The van der Waals surface area contributed by atoms with Gasteiger partial charge in [-0.2, -0.15) is 18.3 Å². The Hall–Kier alpha value is -4.22. The summed E-state index contributed by atoms with van der Waals surface area (Å²) in [5, 5.41) is 16.8. The van der Waals surface area contributed by atoms with Gasteiger partial charge in [0.2, 0.25) is 0 Å². The van der Waals surface area contributed by atoms with Crippen molar-refractivity contribution in [3.8, 4) is 0 Å². The molecule has 0 radical (unpaired) electrons. The predicted octanol–water partition coefficient (Wildman–Crippen LogP) is 4.37. The second-order valence-electron chi connectivity index (χ2n) is 9.21. The molecule has 1 aromatic heterocycles. The topological polar surface area (TPSA) is 105 Å². The second-order valence-corrected chi connectivity index (χ2v) is 9.21. The van der Waals surface area contributed by atoms with Crippen LogP contribution in [0.15, 0.2) is 48.5 Å². The van der Waals surface area contributed by atoms with Crippen molar-refractivity contribution in [1.29, 1.82) is 0 Å². The van der Waals surface area contributed by atoms with Crippen molar-refractivity contribution >= 4 is 23.6 Å². The number of alkyl halides is 3. The molecule has 3 aromatic rings. The Morgan fingerprint density at radius 3 is 2.39 bits per heavy atom. The average Bonchev–Trinajstić information content (AvgIpc) is 3.65. The van der Waals surface area contributed by atoms with E-state index >= 15 is 0 Å². The number of hydrogen-bond acceptors (Lipinski definition) is 4. The molecule has 0 unspecified atom stereocenters. The van der Waals surface area contributed by atoms with E-state index in [2.05, 4.69) is 10.4 Å². The summed E-state index contributed by atoms with van der Waals surface area (Å²) in [6, 6.07) is 7.30. The molecule has 1 saturated carbocycles. The first-order chi connectivity index (χ1) is 18.0. The number of amides is 2. The summed E-state index contributed by atoms with van der Waals surface area (Å²) in [7, 11) is 0. The smallest absolute Gasteiger partial charge is 0.416 e. The fourth-order valence-corrected chi connectivity index (χ4v) is 4.85. The van der Waals surface area contributed by atoms with E-state index in [1.807, 2.05) is 0 Å². The molecule has 0 spiro atoms. The summed E-state index contributed by atoms with van der Waals surface area (Å²) in [6.07, 6.45) is -3.19. The Balaban J connectivity index is 1.65. The molecule has 1 fully saturated rings. The number of hydrogen-bond donors (Lipinski definition) is 2. The first-order valence-corrected chi connectivity index (χ1v) is 11.9. The number of likely N-dealkylation sites (N-methyl/N-ethyl adjacent to an activating group) is 1. The zero-order chi connectivity index (χ0) is 27.4. The molecule has 0 saturated heterocycles. The summed E-state index contributed by atoms with van der Waals surface area (Å²) < 4.78 is 55.0. The van der Waals surface area contributed by atoms with Crippen LogP contribution in [-0.4, -0.2) is 45.3 Å². The standard InChI is InChI=1S/C26H22F4N4O4/c1-2-33-23-19(21(25(37)38)32-34(23)17-10-11-17)18(13-6-8-16(27)9-7-13)20(24(33)36)31-22(35)14-4-3-5-15(12-14)26(28,29)30/h3-9,12,17-18,20H,2,10-11H2,1H3,(H,31,35)(H,37,38)/t18-,20-/m1/s1. The minimum atomic E-state index is -4.69. The number of carbonyl (C=O) groups is 3. The normalized spacial score (nSPS) is 19.3. The van der Waals surface area contributed by atoms with Gasteiger partial charge in [-0.25, -0.2) is 13.9 Å². The van der Waals surface area contributed by atoms with Crippen LogP contribution < -0.4 is 10.2 Å². The van der Waals surface area contributed by atoms with Crippen LogP contribution in [0.1, 0.15) is 69.3 Å². The summed E-state index contributed by atoms with van der Waals surface area (Å²) in [6.45, 7) is 1.80. The first-order valence-electron chi connectivity index (χ1n) is 11.9. The lowest BCUT2D eigenvalue weighted by Gasteiger charge is -2.38. The van der Waals surface area contributed by atoms with Crippen LogP contribution in [0.4, 0.5) is 23.4 Å². The third kappa shape index (κ3) is 4.39. The zero-order valence-electron chi connectivity index (χ0n) is 20.0. The van der Waals surface area contributed by atoms with E-state index in [1.165, 1.54) is 27.8 Å². The molecular weight excluding hydrogens is 508 g/mol. The number of nitrogens with one attached hydrogen (secondary N) is 1. The molecule has 2 aliphatic rings. The molecule has 1 aliphatic heterocycles. The van der Waals surface area contributed by atoms with E-state index in [-0.39, 0.29) is 35.2 Å². The van der Waals surface area contributed by atoms with Gasteiger partial charge >= 0.3 is 12.1 Å². The molecule has 0 bridgehead atoms. The van der Waals surface area contributed by atoms with Gasteiger partial charge in [-0.1, -0.05) is 18.2 Å². The van der Waals surface area contributed by atoms with Gasteiger partial charge < -0.3 is 10.4 Å². The third-order valence-corrected chi connectivity index (χ3v) is 6.73.